The smallest absolute Gasteiger partial charge is 0.258 e. The van der Waals surface area contributed by atoms with Crippen LogP contribution in [-0.2, 0) is 17.8 Å². The van der Waals surface area contributed by atoms with Gasteiger partial charge in [-0.2, -0.15) is 0 Å². The number of carbonyl (C=O) groups excluding carboxylic acids is 1. The molecule has 0 aromatic heterocycles. The van der Waals surface area contributed by atoms with Crippen molar-refractivity contribution in [3.63, 3.8) is 0 Å². The van der Waals surface area contributed by atoms with E-state index in [0.29, 0.717) is 11.8 Å². The van der Waals surface area contributed by atoms with Gasteiger partial charge in [-0.05, 0) is 49.4 Å². The second-order valence-electron chi connectivity index (χ2n) is 7.36. The molecule has 6 nitrogen and oxygen atoms in total. The largest absolute Gasteiger partial charge is 0.484 e. The Labute approximate surface area is 172 Å². The number of hydrogen-bond acceptors (Lipinski definition) is 3. The lowest BCUT2D eigenvalue weighted by Crippen LogP contribution is -2.37. The van der Waals surface area contributed by atoms with E-state index in [1.807, 2.05) is 24.3 Å². The molecule has 6 heteroatoms. The van der Waals surface area contributed by atoms with Gasteiger partial charge >= 0.3 is 0 Å². The van der Waals surface area contributed by atoms with Crippen LogP contribution in [0.25, 0.3) is 0 Å². The highest BCUT2D eigenvalue weighted by Gasteiger charge is 2.23. The Morgan fingerprint density at radius 1 is 1.03 bits per heavy atom. The van der Waals surface area contributed by atoms with Gasteiger partial charge in [0.25, 0.3) is 5.91 Å². The van der Waals surface area contributed by atoms with Crippen LogP contribution in [-0.4, -0.2) is 38.1 Å². The number of ether oxygens (including phenoxy) is 1. The second kappa shape index (κ2) is 10.5. The zero-order chi connectivity index (χ0) is 20.5. The topological polar surface area (TPSA) is 74.8 Å². The molecule has 0 spiro atoms. The summed E-state index contributed by atoms with van der Waals surface area (Å²) in [7, 11) is 1.77. The van der Waals surface area contributed by atoms with Gasteiger partial charge in [-0.15, -0.1) is 0 Å². The van der Waals surface area contributed by atoms with Gasteiger partial charge in [0.05, 0.1) is 0 Å². The SMILES string of the molecule is CN=C(NCCc1ccc(OCC(=O)NC2CC2)cc1)NCc1ccc(C)cc1. The van der Waals surface area contributed by atoms with E-state index in [1.165, 1.54) is 16.7 Å². The number of nitrogens with one attached hydrogen (secondary N) is 3. The van der Waals surface area contributed by atoms with Crippen molar-refractivity contribution in [1.82, 2.24) is 16.0 Å². The summed E-state index contributed by atoms with van der Waals surface area (Å²) >= 11 is 0. The van der Waals surface area contributed by atoms with E-state index >= 15 is 0 Å². The van der Waals surface area contributed by atoms with Crippen molar-refractivity contribution in [3.05, 3.63) is 65.2 Å². The Bertz CT molecular complexity index is 812. The first kappa shape index (κ1) is 20.7. The van der Waals surface area contributed by atoms with Crippen molar-refractivity contribution in [2.24, 2.45) is 4.99 Å². The molecule has 0 bridgehead atoms. The first-order chi connectivity index (χ1) is 14.1. The van der Waals surface area contributed by atoms with Crippen LogP contribution in [0.1, 0.15) is 29.5 Å². The Morgan fingerprint density at radius 2 is 1.72 bits per heavy atom. The van der Waals surface area contributed by atoms with Gasteiger partial charge in [0.2, 0.25) is 0 Å². The minimum Gasteiger partial charge on any atom is -0.484 e. The first-order valence-corrected chi connectivity index (χ1v) is 10.1. The highest BCUT2D eigenvalue weighted by Crippen LogP contribution is 2.18. The van der Waals surface area contributed by atoms with Gasteiger partial charge < -0.3 is 20.7 Å². The van der Waals surface area contributed by atoms with E-state index in [9.17, 15) is 4.79 Å². The lowest BCUT2D eigenvalue weighted by atomic mass is 10.1. The number of benzene rings is 2. The standard InChI is InChI=1S/C23H30N4O2/c1-17-3-5-19(6-4-17)15-26-23(24-2)25-14-13-18-7-11-21(12-8-18)29-16-22(28)27-20-9-10-20/h3-8,11-12,20H,9-10,13-16H2,1-2H3,(H,27,28)(H2,24,25,26). The number of aryl methyl sites for hydroxylation is 1. The maximum absolute atomic E-state index is 11.7. The number of rotatable bonds is 9. The molecular weight excluding hydrogens is 364 g/mol. The second-order valence-corrected chi connectivity index (χ2v) is 7.36. The fourth-order valence-corrected chi connectivity index (χ4v) is 2.84. The Kier molecular flexibility index (Phi) is 7.50. The minimum atomic E-state index is -0.0507. The van der Waals surface area contributed by atoms with E-state index in [0.717, 1.165) is 38.3 Å². The van der Waals surface area contributed by atoms with Gasteiger partial charge in [-0.1, -0.05) is 42.0 Å². The summed E-state index contributed by atoms with van der Waals surface area (Å²) < 4.78 is 5.54. The van der Waals surface area contributed by atoms with E-state index < -0.39 is 0 Å². The van der Waals surface area contributed by atoms with Gasteiger partial charge in [0, 0.05) is 26.2 Å². The molecule has 0 heterocycles. The molecule has 1 aliphatic rings. The monoisotopic (exact) mass is 394 g/mol. The van der Waals surface area contributed by atoms with Gasteiger partial charge in [0.15, 0.2) is 12.6 Å². The van der Waals surface area contributed by atoms with Gasteiger partial charge in [0.1, 0.15) is 5.75 Å². The van der Waals surface area contributed by atoms with Gasteiger partial charge in [-0.3, -0.25) is 9.79 Å². The highest BCUT2D eigenvalue weighted by atomic mass is 16.5. The van der Waals surface area contributed by atoms with Crippen LogP contribution < -0.4 is 20.7 Å². The maximum atomic E-state index is 11.7. The van der Waals surface area contributed by atoms with Crippen LogP contribution in [0, 0.1) is 6.92 Å². The normalized spacial score (nSPS) is 13.7. The van der Waals surface area contributed by atoms with Crippen LogP contribution in [0.3, 0.4) is 0 Å². The molecule has 2 aromatic rings. The molecule has 1 fully saturated rings. The predicted octanol–water partition coefficient (Wildman–Crippen LogP) is 2.56. The van der Waals surface area contributed by atoms with E-state index in [2.05, 4.69) is 52.1 Å². The molecule has 3 rings (SSSR count). The summed E-state index contributed by atoms with van der Waals surface area (Å²) in [5.74, 6) is 1.45. The zero-order valence-electron chi connectivity index (χ0n) is 17.2. The summed E-state index contributed by atoms with van der Waals surface area (Å²) in [6.45, 7) is 3.67. The minimum absolute atomic E-state index is 0.0507. The van der Waals surface area contributed by atoms with Crippen molar-refractivity contribution in [2.75, 3.05) is 20.2 Å². The summed E-state index contributed by atoms with van der Waals surface area (Å²) in [6.07, 6.45) is 3.04. The zero-order valence-corrected chi connectivity index (χ0v) is 17.2. The lowest BCUT2D eigenvalue weighted by molar-refractivity contribution is -0.123. The molecule has 1 aliphatic carbocycles. The van der Waals surface area contributed by atoms with Crippen molar-refractivity contribution >= 4 is 11.9 Å². The summed E-state index contributed by atoms with van der Waals surface area (Å²) in [5, 5.41) is 9.57. The number of amides is 1. The molecule has 0 unspecified atom stereocenters. The number of hydrogen-bond donors (Lipinski definition) is 3. The molecule has 0 aliphatic heterocycles. The molecule has 29 heavy (non-hydrogen) atoms. The predicted molar refractivity (Wildman–Crippen MR) is 116 cm³/mol. The summed E-state index contributed by atoms with van der Waals surface area (Å²) in [6, 6.07) is 16.7. The highest BCUT2D eigenvalue weighted by molar-refractivity contribution is 5.79. The molecule has 2 aromatic carbocycles. The number of nitrogens with zero attached hydrogens (tertiary/aromatic N) is 1. The quantitative estimate of drug-likeness (QED) is 0.451. The molecular formula is C23H30N4O2. The van der Waals surface area contributed by atoms with Crippen LogP contribution in [0.4, 0.5) is 0 Å². The molecule has 1 amide bonds. The van der Waals surface area contributed by atoms with E-state index in [1.54, 1.807) is 7.05 Å². The number of carbonyl (C=O) groups is 1. The third kappa shape index (κ3) is 7.49. The van der Waals surface area contributed by atoms with Crippen molar-refractivity contribution in [2.45, 2.75) is 38.8 Å². The van der Waals surface area contributed by atoms with E-state index in [-0.39, 0.29) is 12.5 Å². The first-order valence-electron chi connectivity index (χ1n) is 10.1. The molecule has 1 saturated carbocycles. The molecule has 3 N–H and O–H groups in total. The average Bonchev–Trinajstić information content (AvgIpc) is 3.55. The van der Waals surface area contributed by atoms with Crippen molar-refractivity contribution < 1.29 is 9.53 Å². The maximum Gasteiger partial charge on any atom is 0.258 e. The van der Waals surface area contributed by atoms with Crippen molar-refractivity contribution in [3.8, 4) is 5.75 Å². The Balaban J connectivity index is 1.35. The van der Waals surface area contributed by atoms with Crippen molar-refractivity contribution in [1.29, 1.82) is 0 Å². The summed E-state index contributed by atoms with van der Waals surface area (Å²) in [5.41, 5.74) is 3.68. The number of aliphatic imine (C=N–C) groups is 1. The van der Waals surface area contributed by atoms with Gasteiger partial charge in [-0.25, -0.2) is 0 Å². The average molecular weight is 395 g/mol. The lowest BCUT2D eigenvalue weighted by Gasteiger charge is -2.12. The van der Waals surface area contributed by atoms with E-state index in [4.69, 9.17) is 4.74 Å². The molecule has 0 atom stereocenters. The molecule has 0 saturated heterocycles. The Morgan fingerprint density at radius 3 is 2.38 bits per heavy atom. The van der Waals surface area contributed by atoms with Crippen LogP contribution in [0.5, 0.6) is 5.75 Å². The fraction of sp³-hybridized carbons (Fsp3) is 0.391. The van der Waals surface area contributed by atoms with Crippen LogP contribution >= 0.6 is 0 Å². The molecule has 154 valence electrons. The summed E-state index contributed by atoms with van der Waals surface area (Å²) in [4.78, 5) is 15.9. The van der Waals surface area contributed by atoms with Crippen LogP contribution in [0.2, 0.25) is 0 Å². The third-order valence-corrected chi connectivity index (χ3v) is 4.75. The number of guanidine groups is 1. The Hall–Kier alpha value is -3.02. The van der Waals surface area contributed by atoms with Crippen LogP contribution in [0.15, 0.2) is 53.5 Å². The third-order valence-electron chi connectivity index (χ3n) is 4.75. The molecule has 0 radical (unpaired) electrons. The fourth-order valence-electron chi connectivity index (χ4n) is 2.84.